The molecule has 5 nitrogen and oxygen atoms in total. The summed E-state index contributed by atoms with van der Waals surface area (Å²) < 4.78 is 15.5. The highest BCUT2D eigenvalue weighted by Crippen LogP contribution is 2.28. The van der Waals surface area contributed by atoms with Gasteiger partial charge in [0, 0.05) is 17.5 Å². The van der Waals surface area contributed by atoms with E-state index in [1.165, 1.54) is 6.07 Å². The summed E-state index contributed by atoms with van der Waals surface area (Å²) in [5.74, 6) is 0.389. The summed E-state index contributed by atoms with van der Waals surface area (Å²) in [7, 11) is 0. The average molecular weight is 271 g/mol. The Balaban J connectivity index is 2.15. The number of tetrazole rings is 1. The Kier molecular flexibility index (Phi) is 3.39. The summed E-state index contributed by atoms with van der Waals surface area (Å²) in [5.41, 5.74) is 6.34. The van der Waals surface area contributed by atoms with Gasteiger partial charge in [0.25, 0.3) is 0 Å². The van der Waals surface area contributed by atoms with Crippen molar-refractivity contribution in [1.82, 2.24) is 20.2 Å². The van der Waals surface area contributed by atoms with E-state index in [1.54, 1.807) is 16.8 Å². The Morgan fingerprint density at radius 3 is 2.70 bits per heavy atom. The third-order valence-corrected chi connectivity index (χ3v) is 3.22. The summed E-state index contributed by atoms with van der Waals surface area (Å²) in [6.07, 6.45) is 0.789. The van der Waals surface area contributed by atoms with Crippen LogP contribution in [0.4, 0.5) is 4.39 Å². The first-order chi connectivity index (χ1) is 9.81. The second-order valence-electron chi connectivity index (χ2n) is 4.51. The van der Waals surface area contributed by atoms with Gasteiger partial charge in [-0.15, -0.1) is 5.10 Å². The number of hydrogen-bond acceptors (Lipinski definition) is 4. The number of nitrogens with two attached hydrogens (primary N) is 1. The summed E-state index contributed by atoms with van der Waals surface area (Å²) in [6, 6.07) is 10.5. The molecule has 0 atom stereocenters. The number of rotatable bonds is 4. The molecule has 0 radical (unpaired) electrons. The van der Waals surface area contributed by atoms with Crippen molar-refractivity contribution in [2.75, 3.05) is 6.54 Å². The minimum atomic E-state index is -0.245. The first kappa shape index (κ1) is 12.7. The molecule has 20 heavy (non-hydrogen) atoms. The molecule has 0 amide bonds. The van der Waals surface area contributed by atoms with E-state index < -0.39 is 0 Å². The van der Waals surface area contributed by atoms with Gasteiger partial charge in [0.05, 0.1) is 0 Å². The highest BCUT2D eigenvalue weighted by molar-refractivity contribution is 5.95. The molecule has 2 N–H and O–H groups in total. The zero-order valence-corrected chi connectivity index (χ0v) is 10.8. The van der Waals surface area contributed by atoms with Crippen LogP contribution in [0.3, 0.4) is 0 Å². The molecule has 102 valence electrons. The van der Waals surface area contributed by atoms with E-state index in [9.17, 15) is 4.39 Å². The molecule has 0 aliphatic heterocycles. The number of nitrogens with zero attached hydrogens (tertiary/aromatic N) is 4. The Labute approximate surface area is 115 Å². The number of aromatic nitrogens is 4. The summed E-state index contributed by atoms with van der Waals surface area (Å²) in [4.78, 5) is 0. The molecule has 1 heterocycles. The van der Waals surface area contributed by atoms with E-state index in [2.05, 4.69) is 15.5 Å². The molecule has 0 aliphatic rings. The second-order valence-corrected chi connectivity index (χ2v) is 4.51. The maximum atomic E-state index is 13.8. The number of fused-ring (bicyclic) bond motifs is 1. The highest BCUT2D eigenvalue weighted by atomic mass is 19.1. The molecule has 0 saturated carbocycles. The molecule has 0 spiro atoms. The fourth-order valence-electron chi connectivity index (χ4n) is 2.25. The normalized spacial score (nSPS) is 11.1. The quantitative estimate of drug-likeness (QED) is 0.787. The van der Waals surface area contributed by atoms with Crippen LogP contribution in [0.1, 0.15) is 6.42 Å². The SMILES string of the molecule is NCCCn1nnnc1-c1ccc(F)c2ccccc12. The predicted molar refractivity (Wildman–Crippen MR) is 74.4 cm³/mol. The van der Waals surface area contributed by atoms with Crippen molar-refractivity contribution in [2.45, 2.75) is 13.0 Å². The van der Waals surface area contributed by atoms with Crippen LogP contribution in [0, 0.1) is 5.82 Å². The average Bonchev–Trinajstić information content (AvgIpc) is 2.94. The van der Waals surface area contributed by atoms with Gasteiger partial charge in [-0.25, -0.2) is 9.07 Å². The van der Waals surface area contributed by atoms with Gasteiger partial charge in [0.1, 0.15) is 5.82 Å². The first-order valence-corrected chi connectivity index (χ1v) is 6.45. The number of aryl methyl sites for hydroxylation is 1. The number of halogens is 1. The van der Waals surface area contributed by atoms with Crippen molar-refractivity contribution in [2.24, 2.45) is 5.73 Å². The van der Waals surface area contributed by atoms with Crippen molar-refractivity contribution >= 4 is 10.8 Å². The van der Waals surface area contributed by atoms with Gasteiger partial charge < -0.3 is 5.73 Å². The van der Waals surface area contributed by atoms with Gasteiger partial charge in [-0.3, -0.25) is 0 Å². The van der Waals surface area contributed by atoms with E-state index in [-0.39, 0.29) is 5.82 Å². The van der Waals surface area contributed by atoms with Gasteiger partial charge in [0.15, 0.2) is 5.82 Å². The Morgan fingerprint density at radius 2 is 1.90 bits per heavy atom. The zero-order chi connectivity index (χ0) is 13.9. The van der Waals surface area contributed by atoms with Gasteiger partial charge in [-0.05, 0) is 40.9 Å². The molecule has 0 unspecified atom stereocenters. The van der Waals surface area contributed by atoms with Crippen LogP contribution in [-0.4, -0.2) is 26.8 Å². The topological polar surface area (TPSA) is 69.6 Å². The minimum absolute atomic E-state index is 0.245. The van der Waals surface area contributed by atoms with E-state index >= 15 is 0 Å². The van der Waals surface area contributed by atoms with Crippen molar-refractivity contribution in [1.29, 1.82) is 0 Å². The lowest BCUT2D eigenvalue weighted by molar-refractivity contribution is 0.569. The van der Waals surface area contributed by atoms with E-state index in [4.69, 9.17) is 5.73 Å². The first-order valence-electron chi connectivity index (χ1n) is 6.45. The number of benzene rings is 2. The second kappa shape index (κ2) is 5.34. The molecular formula is C14H14FN5. The lowest BCUT2D eigenvalue weighted by Crippen LogP contribution is -2.08. The maximum Gasteiger partial charge on any atom is 0.182 e. The van der Waals surface area contributed by atoms with E-state index in [0.29, 0.717) is 24.3 Å². The molecule has 3 rings (SSSR count). The third kappa shape index (κ3) is 2.14. The molecule has 6 heteroatoms. The molecule has 0 fully saturated rings. The summed E-state index contributed by atoms with van der Waals surface area (Å²) >= 11 is 0. The third-order valence-electron chi connectivity index (χ3n) is 3.22. The van der Waals surface area contributed by atoms with Crippen LogP contribution in [0.5, 0.6) is 0 Å². The van der Waals surface area contributed by atoms with E-state index in [0.717, 1.165) is 17.4 Å². The lowest BCUT2D eigenvalue weighted by Gasteiger charge is -2.07. The molecule has 0 bridgehead atoms. The number of hydrogen-bond donors (Lipinski definition) is 1. The Morgan fingerprint density at radius 1 is 1.10 bits per heavy atom. The molecule has 3 aromatic rings. The fourth-order valence-corrected chi connectivity index (χ4v) is 2.25. The lowest BCUT2D eigenvalue weighted by atomic mass is 10.0. The van der Waals surface area contributed by atoms with Gasteiger partial charge in [-0.1, -0.05) is 24.3 Å². The van der Waals surface area contributed by atoms with Crippen LogP contribution in [0.15, 0.2) is 36.4 Å². The van der Waals surface area contributed by atoms with Crippen molar-refractivity contribution < 1.29 is 4.39 Å². The van der Waals surface area contributed by atoms with Crippen molar-refractivity contribution in [3.05, 3.63) is 42.2 Å². The molecule has 0 aliphatic carbocycles. The largest absolute Gasteiger partial charge is 0.330 e. The molecule has 0 saturated heterocycles. The van der Waals surface area contributed by atoms with Crippen molar-refractivity contribution in [3.8, 4) is 11.4 Å². The van der Waals surface area contributed by atoms with Crippen molar-refractivity contribution in [3.63, 3.8) is 0 Å². The minimum Gasteiger partial charge on any atom is -0.330 e. The van der Waals surface area contributed by atoms with Crippen LogP contribution >= 0.6 is 0 Å². The fraction of sp³-hybridized carbons (Fsp3) is 0.214. The summed E-state index contributed by atoms with van der Waals surface area (Å²) in [6.45, 7) is 1.22. The summed E-state index contributed by atoms with van der Waals surface area (Å²) in [5, 5.41) is 13.1. The highest BCUT2D eigenvalue weighted by Gasteiger charge is 2.13. The zero-order valence-electron chi connectivity index (χ0n) is 10.8. The van der Waals surface area contributed by atoms with Gasteiger partial charge in [0.2, 0.25) is 0 Å². The predicted octanol–water partition coefficient (Wildman–Crippen LogP) is 1.98. The molecule has 1 aromatic heterocycles. The Hall–Kier alpha value is -2.34. The molecule has 2 aromatic carbocycles. The molecular weight excluding hydrogens is 257 g/mol. The van der Waals surface area contributed by atoms with Crippen LogP contribution < -0.4 is 5.73 Å². The van der Waals surface area contributed by atoms with E-state index in [1.807, 2.05) is 18.2 Å². The Bertz CT molecular complexity index is 737. The van der Waals surface area contributed by atoms with Crippen LogP contribution in [0.2, 0.25) is 0 Å². The maximum absolute atomic E-state index is 13.8. The van der Waals surface area contributed by atoms with Crippen LogP contribution in [-0.2, 0) is 6.54 Å². The standard InChI is InChI=1S/C14H14FN5/c15-13-7-6-12(10-4-1-2-5-11(10)13)14-17-18-19-20(14)9-3-8-16/h1-2,4-7H,3,8-9,16H2. The smallest absolute Gasteiger partial charge is 0.182 e. The van der Waals surface area contributed by atoms with Gasteiger partial charge >= 0.3 is 0 Å². The van der Waals surface area contributed by atoms with Crippen LogP contribution in [0.25, 0.3) is 22.2 Å². The monoisotopic (exact) mass is 271 g/mol. The van der Waals surface area contributed by atoms with Gasteiger partial charge in [-0.2, -0.15) is 0 Å².